The number of hydrazone groups is 1. The number of nitro benzene ring substituents is 2. The van der Waals surface area contributed by atoms with Crippen LogP contribution in [-0.4, -0.2) is 16.1 Å². The first-order valence-electron chi connectivity index (χ1n) is 5.95. The second-order valence-electron chi connectivity index (χ2n) is 4.11. The summed E-state index contributed by atoms with van der Waals surface area (Å²) in [6.07, 6.45) is 1.41. The van der Waals surface area contributed by atoms with E-state index in [0.717, 1.165) is 0 Å². The third kappa shape index (κ3) is 3.64. The fourth-order valence-electron chi connectivity index (χ4n) is 1.63. The Kier molecular flexibility index (Phi) is 4.79. The summed E-state index contributed by atoms with van der Waals surface area (Å²) < 4.78 is 0.495. The van der Waals surface area contributed by atoms with Gasteiger partial charge in [-0.1, -0.05) is 12.1 Å². The normalized spacial score (nSPS) is 10.6. The van der Waals surface area contributed by atoms with E-state index >= 15 is 0 Å². The van der Waals surface area contributed by atoms with Crippen molar-refractivity contribution in [2.45, 2.75) is 0 Å². The number of benzene rings is 2. The van der Waals surface area contributed by atoms with Crippen molar-refractivity contribution >= 4 is 39.2 Å². The van der Waals surface area contributed by atoms with Gasteiger partial charge in [0.25, 0.3) is 11.4 Å². The van der Waals surface area contributed by atoms with Gasteiger partial charge < -0.3 is 0 Å². The van der Waals surface area contributed by atoms with Crippen LogP contribution in [0.15, 0.2) is 52.0 Å². The van der Waals surface area contributed by atoms with Gasteiger partial charge in [-0.05, 0) is 28.1 Å². The van der Waals surface area contributed by atoms with E-state index in [2.05, 4.69) is 26.5 Å². The second kappa shape index (κ2) is 6.76. The Morgan fingerprint density at radius 2 is 1.82 bits per heavy atom. The van der Waals surface area contributed by atoms with Gasteiger partial charge in [-0.2, -0.15) is 5.10 Å². The Morgan fingerprint density at radius 3 is 2.45 bits per heavy atom. The molecule has 0 aliphatic carbocycles. The lowest BCUT2D eigenvalue weighted by molar-refractivity contribution is -0.385. The van der Waals surface area contributed by atoms with E-state index in [9.17, 15) is 20.2 Å². The maximum atomic E-state index is 10.9. The summed E-state index contributed by atoms with van der Waals surface area (Å²) in [4.78, 5) is 20.5. The van der Waals surface area contributed by atoms with Crippen LogP contribution in [0.25, 0.3) is 0 Å². The monoisotopic (exact) mass is 364 g/mol. The Bertz CT molecular complexity index is 763. The smallest absolute Gasteiger partial charge is 0.272 e. The van der Waals surface area contributed by atoms with E-state index in [1.54, 1.807) is 12.1 Å². The number of rotatable bonds is 5. The van der Waals surface area contributed by atoms with Gasteiger partial charge in [-0.25, -0.2) is 0 Å². The molecule has 0 spiro atoms. The lowest BCUT2D eigenvalue weighted by Gasteiger charge is -2.02. The zero-order valence-corrected chi connectivity index (χ0v) is 12.6. The first-order valence-corrected chi connectivity index (χ1v) is 6.75. The summed E-state index contributed by atoms with van der Waals surface area (Å²) in [6.45, 7) is 0. The number of halogens is 1. The summed E-state index contributed by atoms with van der Waals surface area (Å²) in [5.74, 6) is 0. The van der Waals surface area contributed by atoms with E-state index in [4.69, 9.17) is 0 Å². The van der Waals surface area contributed by atoms with Gasteiger partial charge in [0.2, 0.25) is 0 Å². The van der Waals surface area contributed by atoms with Gasteiger partial charge in [0, 0.05) is 28.2 Å². The van der Waals surface area contributed by atoms with Gasteiger partial charge in [0.1, 0.15) is 5.69 Å². The lowest BCUT2D eigenvalue weighted by atomic mass is 10.2. The van der Waals surface area contributed by atoms with E-state index in [0.29, 0.717) is 10.0 Å². The van der Waals surface area contributed by atoms with Crippen LogP contribution in [0, 0.1) is 20.2 Å². The summed E-state index contributed by atoms with van der Waals surface area (Å²) in [5, 5.41) is 25.4. The molecule has 0 fully saturated rings. The predicted molar refractivity (Wildman–Crippen MR) is 85.1 cm³/mol. The molecule has 0 aromatic heterocycles. The Balaban J connectivity index is 2.17. The third-order valence-electron chi connectivity index (χ3n) is 2.68. The molecule has 0 aliphatic rings. The molecule has 0 heterocycles. The molecule has 2 rings (SSSR count). The van der Waals surface area contributed by atoms with E-state index < -0.39 is 9.85 Å². The van der Waals surface area contributed by atoms with Crippen LogP contribution in [0.1, 0.15) is 5.56 Å². The summed E-state index contributed by atoms with van der Waals surface area (Å²) >= 11 is 3.21. The molecule has 112 valence electrons. The van der Waals surface area contributed by atoms with Crippen molar-refractivity contribution in [3.63, 3.8) is 0 Å². The number of para-hydroxylation sites is 2. The zero-order chi connectivity index (χ0) is 16.1. The number of nitrogens with zero attached hydrogens (tertiary/aromatic N) is 3. The SMILES string of the molecule is O=[N+]([O-])c1ccc(/C=N/Nc2ccccc2[N+](=O)[O-])c(Br)c1. The molecule has 8 nitrogen and oxygen atoms in total. The van der Waals surface area contributed by atoms with Crippen molar-refractivity contribution in [1.82, 2.24) is 0 Å². The highest BCUT2D eigenvalue weighted by Crippen LogP contribution is 2.24. The Morgan fingerprint density at radius 1 is 1.09 bits per heavy atom. The minimum absolute atomic E-state index is 0.0457. The number of hydrogen-bond acceptors (Lipinski definition) is 6. The minimum Gasteiger partial charge on any atom is -0.272 e. The number of anilines is 1. The van der Waals surface area contributed by atoms with Gasteiger partial charge in [0.05, 0.1) is 16.1 Å². The van der Waals surface area contributed by atoms with Gasteiger partial charge in [-0.15, -0.1) is 0 Å². The lowest BCUT2D eigenvalue weighted by Crippen LogP contribution is -1.97. The molecule has 0 atom stereocenters. The number of non-ortho nitro benzene ring substituents is 1. The van der Waals surface area contributed by atoms with Crippen LogP contribution in [0.2, 0.25) is 0 Å². The molecule has 22 heavy (non-hydrogen) atoms. The molecule has 0 unspecified atom stereocenters. The highest BCUT2D eigenvalue weighted by molar-refractivity contribution is 9.10. The van der Waals surface area contributed by atoms with Crippen LogP contribution in [-0.2, 0) is 0 Å². The van der Waals surface area contributed by atoms with E-state index in [1.807, 2.05) is 0 Å². The number of nitro groups is 2. The van der Waals surface area contributed by atoms with Gasteiger partial charge >= 0.3 is 0 Å². The van der Waals surface area contributed by atoms with Crippen LogP contribution >= 0.6 is 15.9 Å². The molecule has 9 heteroatoms. The fraction of sp³-hybridized carbons (Fsp3) is 0. The van der Waals surface area contributed by atoms with Crippen molar-refractivity contribution in [2.24, 2.45) is 5.10 Å². The second-order valence-corrected chi connectivity index (χ2v) is 4.96. The Labute approximate surface area is 132 Å². The maximum Gasteiger partial charge on any atom is 0.294 e. The van der Waals surface area contributed by atoms with Crippen molar-refractivity contribution in [3.8, 4) is 0 Å². The molecule has 0 saturated heterocycles. The largest absolute Gasteiger partial charge is 0.294 e. The molecule has 2 aromatic carbocycles. The van der Waals surface area contributed by atoms with Crippen LogP contribution in [0.4, 0.5) is 17.1 Å². The summed E-state index contributed by atoms with van der Waals surface area (Å²) in [7, 11) is 0. The average Bonchev–Trinajstić information content (AvgIpc) is 2.49. The minimum atomic E-state index is -0.514. The molecule has 0 saturated carbocycles. The summed E-state index contributed by atoms with van der Waals surface area (Å²) in [5.41, 5.74) is 3.29. The van der Waals surface area contributed by atoms with E-state index in [1.165, 1.54) is 36.5 Å². The highest BCUT2D eigenvalue weighted by Gasteiger charge is 2.11. The molecular weight excluding hydrogens is 356 g/mol. The zero-order valence-electron chi connectivity index (χ0n) is 11.0. The van der Waals surface area contributed by atoms with E-state index in [-0.39, 0.29) is 17.1 Å². The standard InChI is InChI=1S/C13H9BrN4O4/c14-11-7-10(17(19)20)6-5-9(11)8-15-16-12-3-1-2-4-13(12)18(21)22/h1-8,16H/b15-8+. The average molecular weight is 365 g/mol. The molecule has 0 bridgehead atoms. The summed E-state index contributed by atoms with van der Waals surface area (Å²) in [6, 6.07) is 10.3. The Hall–Kier alpha value is -2.81. The van der Waals surface area contributed by atoms with Gasteiger partial charge in [0.15, 0.2) is 0 Å². The topological polar surface area (TPSA) is 111 Å². The van der Waals surface area contributed by atoms with Crippen LogP contribution in [0.5, 0.6) is 0 Å². The molecule has 1 N–H and O–H groups in total. The molecule has 2 aromatic rings. The molecule has 0 aliphatic heterocycles. The van der Waals surface area contributed by atoms with Crippen LogP contribution in [0.3, 0.4) is 0 Å². The number of hydrogen-bond donors (Lipinski definition) is 1. The van der Waals surface area contributed by atoms with Crippen LogP contribution < -0.4 is 5.43 Å². The highest BCUT2D eigenvalue weighted by atomic mass is 79.9. The molecule has 0 amide bonds. The van der Waals surface area contributed by atoms with Crippen molar-refractivity contribution in [3.05, 3.63) is 72.7 Å². The van der Waals surface area contributed by atoms with Gasteiger partial charge in [-0.3, -0.25) is 25.7 Å². The first kappa shape index (κ1) is 15.6. The maximum absolute atomic E-state index is 10.9. The van der Waals surface area contributed by atoms with Crippen molar-refractivity contribution < 1.29 is 9.85 Å². The van der Waals surface area contributed by atoms with Crippen molar-refractivity contribution in [1.29, 1.82) is 0 Å². The van der Waals surface area contributed by atoms with Crippen molar-refractivity contribution in [2.75, 3.05) is 5.43 Å². The quantitative estimate of drug-likeness (QED) is 0.493. The fourth-order valence-corrected chi connectivity index (χ4v) is 2.10. The number of nitrogens with one attached hydrogen (secondary N) is 1. The third-order valence-corrected chi connectivity index (χ3v) is 3.37. The molecule has 0 radical (unpaired) electrons. The molecular formula is C13H9BrN4O4. The predicted octanol–water partition coefficient (Wildman–Crippen LogP) is 3.71. The first-order chi connectivity index (χ1) is 10.5.